The van der Waals surface area contributed by atoms with Gasteiger partial charge in [-0.2, -0.15) is 0 Å². The van der Waals surface area contributed by atoms with Crippen molar-refractivity contribution in [1.82, 2.24) is 5.32 Å². The van der Waals surface area contributed by atoms with E-state index in [0.717, 1.165) is 31.6 Å². The van der Waals surface area contributed by atoms with E-state index < -0.39 is 25.2 Å². The second kappa shape index (κ2) is 13.6. The van der Waals surface area contributed by atoms with Crippen molar-refractivity contribution >= 4 is 25.2 Å². The van der Waals surface area contributed by atoms with Gasteiger partial charge in [-0.1, -0.05) is 48.5 Å². The van der Waals surface area contributed by atoms with Crippen LogP contribution in [0, 0.1) is 0 Å². The summed E-state index contributed by atoms with van der Waals surface area (Å²) in [6.45, 7) is 19.0. The van der Waals surface area contributed by atoms with E-state index in [2.05, 4.69) is 53.8 Å². The summed E-state index contributed by atoms with van der Waals surface area (Å²) in [4.78, 5) is 0. The van der Waals surface area contributed by atoms with Gasteiger partial charge < -0.3 is 19.3 Å². The molecular formula is C19H48N2O2Si3. The molecular weight excluding hydrogens is 372 g/mol. The van der Waals surface area contributed by atoms with Crippen LogP contribution in [0.25, 0.3) is 0 Å². The number of nitrogens with two attached hydrogens (primary N) is 1. The lowest BCUT2D eigenvalue weighted by Gasteiger charge is -2.45. The van der Waals surface area contributed by atoms with Crippen LogP contribution in [0.4, 0.5) is 0 Å². The van der Waals surface area contributed by atoms with E-state index in [1.54, 1.807) is 0 Å². The number of hydrogen-bond acceptors (Lipinski definition) is 4. The van der Waals surface area contributed by atoms with Crippen molar-refractivity contribution in [2.75, 3.05) is 19.6 Å². The zero-order valence-electron chi connectivity index (χ0n) is 18.9. The van der Waals surface area contributed by atoms with Gasteiger partial charge in [0.1, 0.15) is 0 Å². The fourth-order valence-electron chi connectivity index (χ4n) is 3.88. The molecule has 0 aliphatic carbocycles. The first-order chi connectivity index (χ1) is 12.4. The second-order valence-corrected chi connectivity index (χ2v) is 21.2. The summed E-state index contributed by atoms with van der Waals surface area (Å²) in [6, 6.07) is 9.48. The highest BCUT2D eigenvalue weighted by molar-refractivity contribution is 6.90. The average Bonchev–Trinajstić information content (AvgIpc) is 2.70. The largest absolute Gasteiger partial charge is 0.436 e. The van der Waals surface area contributed by atoms with Crippen molar-refractivity contribution in [1.29, 1.82) is 0 Å². The molecule has 7 heteroatoms. The minimum Gasteiger partial charge on any atom is -0.436 e. The molecule has 0 bridgehead atoms. The molecule has 0 aromatic rings. The van der Waals surface area contributed by atoms with Crippen LogP contribution in [0.5, 0.6) is 0 Å². The molecule has 0 aliphatic heterocycles. The molecule has 0 aliphatic rings. The van der Waals surface area contributed by atoms with E-state index in [-0.39, 0.29) is 0 Å². The van der Waals surface area contributed by atoms with Gasteiger partial charge >= 0.3 is 8.56 Å². The third-order valence-corrected chi connectivity index (χ3v) is 22.8. The Kier molecular flexibility index (Phi) is 13.9. The normalized spacial score (nSPS) is 13.4. The zero-order valence-corrected chi connectivity index (χ0v) is 21.9. The molecule has 0 radical (unpaired) electrons. The van der Waals surface area contributed by atoms with Crippen molar-refractivity contribution in [2.24, 2.45) is 5.73 Å². The number of hydrogen-bond donors (Lipinski definition) is 2. The molecule has 0 heterocycles. The SMILES string of the molecule is CC[Si](CC)(CC)O[Si](CC)(CCCNCCN)O[Si](CC)(CC)CC. The van der Waals surface area contributed by atoms with Crippen molar-refractivity contribution < 1.29 is 8.23 Å². The van der Waals surface area contributed by atoms with Gasteiger partial charge in [0.05, 0.1) is 0 Å². The highest BCUT2D eigenvalue weighted by Gasteiger charge is 2.47. The van der Waals surface area contributed by atoms with Crippen molar-refractivity contribution in [2.45, 2.75) is 103 Å². The Hall–Kier alpha value is 0.491. The first kappa shape index (κ1) is 26.5. The smallest absolute Gasteiger partial charge is 0.317 e. The van der Waals surface area contributed by atoms with Crippen LogP contribution in [-0.2, 0) is 8.23 Å². The van der Waals surface area contributed by atoms with E-state index >= 15 is 0 Å². The fourth-order valence-corrected chi connectivity index (χ4v) is 20.2. The predicted molar refractivity (Wildman–Crippen MR) is 124 cm³/mol. The summed E-state index contributed by atoms with van der Waals surface area (Å²) >= 11 is 0. The monoisotopic (exact) mass is 420 g/mol. The molecule has 26 heavy (non-hydrogen) atoms. The number of rotatable bonds is 17. The highest BCUT2D eigenvalue weighted by Crippen LogP contribution is 2.36. The summed E-state index contributed by atoms with van der Waals surface area (Å²) in [5.41, 5.74) is 5.61. The van der Waals surface area contributed by atoms with Crippen LogP contribution < -0.4 is 11.1 Å². The van der Waals surface area contributed by atoms with Crippen LogP contribution in [0.15, 0.2) is 0 Å². The van der Waals surface area contributed by atoms with E-state index in [1.807, 2.05) is 0 Å². The molecule has 0 fully saturated rings. The van der Waals surface area contributed by atoms with Crippen molar-refractivity contribution in [3.63, 3.8) is 0 Å². The Bertz CT molecular complexity index is 313. The van der Waals surface area contributed by atoms with Gasteiger partial charge in [-0.25, -0.2) is 0 Å². The average molecular weight is 421 g/mol. The molecule has 0 rings (SSSR count). The lowest BCUT2D eigenvalue weighted by Crippen LogP contribution is -2.58. The van der Waals surface area contributed by atoms with Crippen LogP contribution in [0.2, 0.25) is 48.4 Å². The topological polar surface area (TPSA) is 56.5 Å². The highest BCUT2D eigenvalue weighted by atomic mass is 28.5. The molecule has 0 aromatic heterocycles. The molecule has 0 unspecified atom stereocenters. The maximum absolute atomic E-state index is 7.23. The summed E-state index contributed by atoms with van der Waals surface area (Å²) in [7, 11) is -5.51. The quantitative estimate of drug-likeness (QED) is 0.243. The number of nitrogens with one attached hydrogen (secondary N) is 1. The molecule has 0 spiro atoms. The Balaban J connectivity index is 5.50. The van der Waals surface area contributed by atoms with Gasteiger partial charge in [0.2, 0.25) is 0 Å². The van der Waals surface area contributed by atoms with Gasteiger partial charge in [0.15, 0.2) is 16.6 Å². The molecule has 0 amide bonds. The third-order valence-electron chi connectivity index (χ3n) is 6.44. The first-order valence-electron chi connectivity index (χ1n) is 11.2. The molecule has 158 valence electrons. The summed E-state index contributed by atoms with van der Waals surface area (Å²) < 4.78 is 14.5. The Morgan fingerprint density at radius 1 is 0.654 bits per heavy atom. The van der Waals surface area contributed by atoms with Crippen LogP contribution in [-0.4, -0.2) is 44.8 Å². The standard InChI is InChI=1S/C19H48N2O2Si3/c1-8-24(9-2,10-3)22-26(14-7,19-15-17-21-18-16-20)23-25(11-4,12-5)13-6/h21H,8-20H2,1-7H3. The maximum atomic E-state index is 7.23. The van der Waals surface area contributed by atoms with Crippen molar-refractivity contribution in [3.8, 4) is 0 Å². The molecule has 0 saturated heterocycles. The third kappa shape index (κ3) is 7.85. The fraction of sp³-hybridized carbons (Fsp3) is 1.00. The van der Waals surface area contributed by atoms with Gasteiger partial charge in [-0.15, -0.1) is 0 Å². The molecule has 0 aromatic carbocycles. The Morgan fingerprint density at radius 2 is 1.08 bits per heavy atom. The van der Waals surface area contributed by atoms with E-state index in [1.165, 1.54) is 36.3 Å². The first-order valence-corrected chi connectivity index (χ1v) is 18.5. The molecule has 3 N–H and O–H groups in total. The van der Waals surface area contributed by atoms with Crippen molar-refractivity contribution in [3.05, 3.63) is 0 Å². The maximum Gasteiger partial charge on any atom is 0.317 e. The predicted octanol–water partition coefficient (Wildman–Crippen LogP) is 5.43. The summed E-state index contributed by atoms with van der Waals surface area (Å²) in [6.07, 6.45) is 1.14. The minimum atomic E-state index is -2.17. The van der Waals surface area contributed by atoms with Gasteiger partial charge in [-0.3, -0.25) is 0 Å². The molecule has 4 nitrogen and oxygen atoms in total. The second-order valence-electron chi connectivity index (χ2n) is 7.60. The van der Waals surface area contributed by atoms with E-state index in [9.17, 15) is 0 Å². The van der Waals surface area contributed by atoms with Crippen LogP contribution in [0.3, 0.4) is 0 Å². The van der Waals surface area contributed by atoms with E-state index in [4.69, 9.17) is 14.0 Å². The summed E-state index contributed by atoms with van der Waals surface area (Å²) in [5, 5.41) is 3.45. The molecule has 0 saturated carbocycles. The van der Waals surface area contributed by atoms with Crippen LogP contribution >= 0.6 is 0 Å². The van der Waals surface area contributed by atoms with Gasteiger partial charge in [0, 0.05) is 13.1 Å². The zero-order chi connectivity index (χ0) is 20.1. The van der Waals surface area contributed by atoms with Gasteiger partial charge in [-0.05, 0) is 61.3 Å². The Morgan fingerprint density at radius 3 is 1.38 bits per heavy atom. The lowest BCUT2D eigenvalue weighted by molar-refractivity contribution is 0.355. The Labute approximate surface area is 167 Å². The van der Waals surface area contributed by atoms with Gasteiger partial charge in [0.25, 0.3) is 0 Å². The van der Waals surface area contributed by atoms with Crippen LogP contribution in [0.1, 0.15) is 54.9 Å². The molecule has 0 atom stereocenters. The minimum absolute atomic E-state index is 0.707. The lowest BCUT2D eigenvalue weighted by atomic mass is 10.5. The summed E-state index contributed by atoms with van der Waals surface area (Å²) in [5.74, 6) is 0. The van der Waals surface area contributed by atoms with E-state index in [0.29, 0.717) is 6.54 Å².